The number of nitrogens with one attached hydrogen (secondary N) is 1. The number of hydrogen-bond donors (Lipinski definition) is 2. The summed E-state index contributed by atoms with van der Waals surface area (Å²) in [6, 6.07) is 16.0. The summed E-state index contributed by atoms with van der Waals surface area (Å²) in [4.78, 5) is 11.2. The second-order valence-corrected chi connectivity index (χ2v) is 9.19. The third kappa shape index (κ3) is 6.07. The summed E-state index contributed by atoms with van der Waals surface area (Å²) >= 11 is 0. The number of ether oxygens (including phenoxy) is 1. The van der Waals surface area contributed by atoms with Crippen LogP contribution in [0.5, 0.6) is 5.75 Å². The van der Waals surface area contributed by atoms with E-state index < -0.39 is 5.91 Å². The molecule has 1 aliphatic carbocycles. The van der Waals surface area contributed by atoms with Crippen LogP contribution in [0.4, 0.5) is 0 Å². The highest BCUT2D eigenvalue weighted by Gasteiger charge is 2.29. The molecule has 29 heavy (non-hydrogen) atoms. The lowest BCUT2D eigenvalue weighted by Gasteiger charge is -2.37. The van der Waals surface area contributed by atoms with Gasteiger partial charge in [-0.2, -0.15) is 0 Å². The molecule has 1 fully saturated rings. The van der Waals surface area contributed by atoms with Gasteiger partial charge < -0.3 is 15.8 Å². The average Bonchev–Trinajstić information content (AvgIpc) is 2.71. The van der Waals surface area contributed by atoms with Gasteiger partial charge >= 0.3 is 0 Å². The van der Waals surface area contributed by atoms with Crippen LogP contribution in [0, 0.1) is 11.3 Å². The Morgan fingerprint density at radius 2 is 1.72 bits per heavy atom. The minimum Gasteiger partial charge on any atom is -0.492 e. The second-order valence-electron chi connectivity index (χ2n) is 9.19. The van der Waals surface area contributed by atoms with Crippen molar-refractivity contribution in [3.8, 4) is 16.9 Å². The van der Waals surface area contributed by atoms with Gasteiger partial charge in [-0.15, -0.1) is 0 Å². The molecule has 0 aliphatic heterocycles. The highest BCUT2D eigenvalue weighted by molar-refractivity contribution is 5.93. The first-order valence-corrected chi connectivity index (χ1v) is 10.7. The summed E-state index contributed by atoms with van der Waals surface area (Å²) in [5.41, 5.74) is 8.35. The van der Waals surface area contributed by atoms with E-state index in [2.05, 4.69) is 26.1 Å². The number of hydrogen-bond acceptors (Lipinski definition) is 3. The molecule has 1 amide bonds. The Bertz CT molecular complexity index is 800. The number of carbonyl (C=O) groups excluding carboxylic acids is 1. The summed E-state index contributed by atoms with van der Waals surface area (Å²) in [7, 11) is 0. The van der Waals surface area contributed by atoms with Gasteiger partial charge in [0.15, 0.2) is 0 Å². The molecule has 3 N–H and O–H groups in total. The van der Waals surface area contributed by atoms with Gasteiger partial charge in [-0.1, -0.05) is 45.0 Å². The van der Waals surface area contributed by atoms with Gasteiger partial charge in [0.1, 0.15) is 12.4 Å². The van der Waals surface area contributed by atoms with Crippen LogP contribution in [0.2, 0.25) is 0 Å². The lowest BCUT2D eigenvalue weighted by molar-refractivity contribution is 0.100. The van der Waals surface area contributed by atoms with Crippen molar-refractivity contribution < 1.29 is 9.53 Å². The van der Waals surface area contributed by atoms with E-state index in [9.17, 15) is 4.79 Å². The monoisotopic (exact) mass is 394 g/mol. The van der Waals surface area contributed by atoms with Crippen LogP contribution in [0.3, 0.4) is 0 Å². The van der Waals surface area contributed by atoms with E-state index in [1.54, 1.807) is 12.1 Å². The lowest BCUT2D eigenvalue weighted by Crippen LogP contribution is -2.38. The number of primary amides is 1. The quantitative estimate of drug-likeness (QED) is 0.648. The minimum absolute atomic E-state index is 0.409. The molecule has 0 saturated heterocycles. The van der Waals surface area contributed by atoms with Crippen LogP contribution in [0.1, 0.15) is 56.8 Å². The molecule has 0 bridgehead atoms. The van der Waals surface area contributed by atoms with Crippen molar-refractivity contribution in [2.45, 2.75) is 52.5 Å². The zero-order valence-corrected chi connectivity index (χ0v) is 17.9. The molecule has 1 aliphatic rings. The maximum absolute atomic E-state index is 11.2. The van der Waals surface area contributed by atoms with E-state index in [1.165, 1.54) is 25.7 Å². The van der Waals surface area contributed by atoms with Crippen molar-refractivity contribution in [2.24, 2.45) is 17.1 Å². The van der Waals surface area contributed by atoms with Crippen LogP contribution < -0.4 is 15.8 Å². The van der Waals surface area contributed by atoms with Gasteiger partial charge in [-0.05, 0) is 72.4 Å². The molecule has 1 saturated carbocycles. The van der Waals surface area contributed by atoms with Gasteiger partial charge in [0.2, 0.25) is 5.91 Å². The van der Waals surface area contributed by atoms with E-state index in [1.807, 2.05) is 36.4 Å². The molecule has 2 aromatic carbocycles. The topological polar surface area (TPSA) is 64.3 Å². The smallest absolute Gasteiger partial charge is 0.248 e. The summed E-state index contributed by atoms with van der Waals surface area (Å²) < 4.78 is 5.96. The van der Waals surface area contributed by atoms with Gasteiger partial charge in [0, 0.05) is 18.2 Å². The standard InChI is InChI=1S/C25H34N2O2/c1-25(2,3)21-11-13-22(14-12-21)27-15-16-29-23-6-4-5-20(17-23)18-7-9-19(10-8-18)24(26)28/h4-10,17,21-22,27H,11-16H2,1-3H3,(H2,26,28). The normalized spacial score (nSPS) is 19.7. The fourth-order valence-electron chi connectivity index (χ4n) is 4.19. The fourth-order valence-corrected chi connectivity index (χ4v) is 4.19. The Morgan fingerprint density at radius 1 is 1.03 bits per heavy atom. The number of benzene rings is 2. The zero-order valence-electron chi connectivity index (χ0n) is 17.9. The molecule has 0 unspecified atom stereocenters. The van der Waals surface area contributed by atoms with E-state index in [4.69, 9.17) is 10.5 Å². The minimum atomic E-state index is -0.409. The molecular weight excluding hydrogens is 360 g/mol. The molecule has 156 valence electrons. The average molecular weight is 395 g/mol. The van der Waals surface area contributed by atoms with E-state index in [0.29, 0.717) is 23.6 Å². The number of nitrogens with two attached hydrogens (primary N) is 1. The molecule has 2 aromatic rings. The third-order valence-corrected chi connectivity index (χ3v) is 6.09. The van der Waals surface area contributed by atoms with Crippen molar-refractivity contribution in [1.29, 1.82) is 0 Å². The number of carbonyl (C=O) groups is 1. The van der Waals surface area contributed by atoms with E-state index in [-0.39, 0.29) is 0 Å². The predicted octanol–water partition coefficient (Wildman–Crippen LogP) is 5.03. The summed E-state index contributed by atoms with van der Waals surface area (Å²) in [5.74, 6) is 1.30. The summed E-state index contributed by atoms with van der Waals surface area (Å²) in [6.07, 6.45) is 5.16. The number of rotatable bonds is 7. The first-order chi connectivity index (χ1) is 13.8. The van der Waals surface area contributed by atoms with Crippen LogP contribution in [0.25, 0.3) is 11.1 Å². The molecule has 0 radical (unpaired) electrons. The Labute approximate surface area is 174 Å². The molecule has 0 atom stereocenters. The molecular formula is C25H34N2O2. The van der Waals surface area contributed by atoms with Crippen LogP contribution >= 0.6 is 0 Å². The molecule has 3 rings (SSSR count). The summed E-state index contributed by atoms with van der Waals surface area (Å²) in [5, 5.41) is 3.66. The molecule has 4 heteroatoms. The predicted molar refractivity (Wildman–Crippen MR) is 119 cm³/mol. The van der Waals surface area contributed by atoms with Gasteiger partial charge in [0.05, 0.1) is 0 Å². The first kappa shape index (κ1) is 21.4. The summed E-state index contributed by atoms with van der Waals surface area (Å²) in [6.45, 7) is 8.60. The number of amides is 1. The first-order valence-electron chi connectivity index (χ1n) is 10.7. The zero-order chi connectivity index (χ0) is 20.9. The largest absolute Gasteiger partial charge is 0.492 e. The van der Waals surface area contributed by atoms with Crippen LogP contribution in [-0.2, 0) is 0 Å². The van der Waals surface area contributed by atoms with Gasteiger partial charge in [-0.3, -0.25) is 4.79 Å². The molecule has 4 nitrogen and oxygen atoms in total. The SMILES string of the molecule is CC(C)(C)C1CCC(NCCOc2cccc(-c3ccc(C(N)=O)cc3)c2)CC1. The Morgan fingerprint density at radius 3 is 2.34 bits per heavy atom. The Kier molecular flexibility index (Phi) is 6.96. The fraction of sp³-hybridized carbons (Fsp3) is 0.480. The highest BCUT2D eigenvalue weighted by Crippen LogP contribution is 2.37. The van der Waals surface area contributed by atoms with Crippen LogP contribution in [-0.4, -0.2) is 25.1 Å². The van der Waals surface area contributed by atoms with Crippen molar-refractivity contribution in [3.63, 3.8) is 0 Å². The van der Waals surface area contributed by atoms with Crippen LogP contribution in [0.15, 0.2) is 48.5 Å². The van der Waals surface area contributed by atoms with Gasteiger partial charge in [-0.25, -0.2) is 0 Å². The van der Waals surface area contributed by atoms with Crippen molar-refractivity contribution in [3.05, 3.63) is 54.1 Å². The van der Waals surface area contributed by atoms with Crippen molar-refractivity contribution in [1.82, 2.24) is 5.32 Å². The highest BCUT2D eigenvalue weighted by atomic mass is 16.5. The van der Waals surface area contributed by atoms with Crippen molar-refractivity contribution >= 4 is 5.91 Å². The van der Waals surface area contributed by atoms with Crippen molar-refractivity contribution in [2.75, 3.05) is 13.2 Å². The van der Waals surface area contributed by atoms with E-state index >= 15 is 0 Å². The molecule has 0 spiro atoms. The molecule has 0 aromatic heterocycles. The molecule has 0 heterocycles. The second kappa shape index (κ2) is 9.45. The van der Waals surface area contributed by atoms with E-state index in [0.717, 1.165) is 29.3 Å². The Balaban J connectivity index is 1.45. The van der Waals surface area contributed by atoms with Gasteiger partial charge in [0.25, 0.3) is 0 Å². The third-order valence-electron chi connectivity index (χ3n) is 6.09. The maximum Gasteiger partial charge on any atom is 0.248 e. The maximum atomic E-state index is 11.2. The Hall–Kier alpha value is -2.33. The lowest BCUT2D eigenvalue weighted by atomic mass is 9.71.